The zero-order chi connectivity index (χ0) is 18.8. The van der Waals surface area contributed by atoms with E-state index in [-0.39, 0.29) is 5.91 Å². The zero-order valence-electron chi connectivity index (χ0n) is 15.8. The summed E-state index contributed by atoms with van der Waals surface area (Å²) in [4.78, 5) is 21.5. The minimum Gasteiger partial charge on any atom is -0.385 e. The monoisotopic (exact) mass is 356 g/mol. The van der Waals surface area contributed by atoms with Crippen molar-refractivity contribution in [1.29, 1.82) is 0 Å². The van der Waals surface area contributed by atoms with Crippen molar-refractivity contribution < 1.29 is 9.53 Å². The van der Waals surface area contributed by atoms with Crippen LogP contribution >= 0.6 is 0 Å². The number of hydrogen-bond acceptors (Lipinski definition) is 5. The molecule has 0 aliphatic heterocycles. The summed E-state index contributed by atoms with van der Waals surface area (Å²) < 4.78 is 5.00. The minimum atomic E-state index is -0.201. The fraction of sp³-hybridized carbons (Fsp3) is 0.450. The molecule has 0 saturated carbocycles. The number of ether oxygens (including phenoxy) is 1. The van der Waals surface area contributed by atoms with Crippen molar-refractivity contribution in [1.82, 2.24) is 15.3 Å². The molecular formula is C20H28N4O2. The van der Waals surface area contributed by atoms with Crippen molar-refractivity contribution in [2.45, 2.75) is 26.7 Å². The number of hydrogen-bond donors (Lipinski definition) is 2. The second-order valence-corrected chi connectivity index (χ2v) is 6.54. The van der Waals surface area contributed by atoms with E-state index in [1.807, 2.05) is 30.3 Å². The van der Waals surface area contributed by atoms with Crippen LogP contribution in [0.15, 0.2) is 36.4 Å². The van der Waals surface area contributed by atoms with Gasteiger partial charge < -0.3 is 15.4 Å². The van der Waals surface area contributed by atoms with Crippen LogP contribution in [-0.4, -0.2) is 42.7 Å². The van der Waals surface area contributed by atoms with Gasteiger partial charge in [0.1, 0.15) is 11.5 Å². The normalized spacial score (nSPS) is 10.8. The molecule has 2 N–H and O–H groups in total. The van der Waals surface area contributed by atoms with E-state index in [1.165, 1.54) is 0 Å². The van der Waals surface area contributed by atoms with Gasteiger partial charge in [0.05, 0.1) is 0 Å². The number of rotatable bonds is 10. The maximum atomic E-state index is 12.5. The number of nitrogens with zero attached hydrogens (tertiary/aromatic N) is 2. The highest BCUT2D eigenvalue weighted by Crippen LogP contribution is 2.18. The van der Waals surface area contributed by atoms with E-state index < -0.39 is 0 Å². The van der Waals surface area contributed by atoms with E-state index in [9.17, 15) is 4.79 Å². The Morgan fingerprint density at radius 1 is 1.15 bits per heavy atom. The standard InChI is InChI=1S/C20H28N4O2/c1-15(2)10-12-21-18-14-17(20(25)22-11-7-13-26-3)23-19(24-18)16-8-5-4-6-9-16/h4-6,8-9,14-15H,7,10-13H2,1-3H3,(H,22,25)(H,21,23,24). The van der Waals surface area contributed by atoms with E-state index in [0.29, 0.717) is 36.4 Å². The molecule has 2 rings (SSSR count). The van der Waals surface area contributed by atoms with Crippen LogP contribution in [0.5, 0.6) is 0 Å². The Balaban J connectivity index is 2.18. The van der Waals surface area contributed by atoms with E-state index >= 15 is 0 Å². The van der Waals surface area contributed by atoms with Crippen LogP contribution in [0.3, 0.4) is 0 Å². The number of anilines is 1. The van der Waals surface area contributed by atoms with Crippen LogP contribution in [0, 0.1) is 5.92 Å². The van der Waals surface area contributed by atoms with Crippen molar-refractivity contribution >= 4 is 11.7 Å². The van der Waals surface area contributed by atoms with Crippen molar-refractivity contribution in [2.75, 3.05) is 32.1 Å². The molecule has 0 saturated heterocycles. The van der Waals surface area contributed by atoms with E-state index in [1.54, 1.807) is 13.2 Å². The number of nitrogens with one attached hydrogen (secondary N) is 2. The molecule has 140 valence electrons. The molecule has 0 aliphatic carbocycles. The van der Waals surface area contributed by atoms with Gasteiger partial charge in [0.15, 0.2) is 5.82 Å². The first-order valence-corrected chi connectivity index (χ1v) is 9.05. The van der Waals surface area contributed by atoms with E-state index in [0.717, 1.165) is 24.9 Å². The summed E-state index contributed by atoms with van der Waals surface area (Å²) in [5.41, 5.74) is 1.25. The average molecular weight is 356 g/mol. The van der Waals surface area contributed by atoms with Crippen LogP contribution in [-0.2, 0) is 4.74 Å². The zero-order valence-corrected chi connectivity index (χ0v) is 15.8. The Kier molecular flexibility index (Phi) is 8.02. The highest BCUT2D eigenvalue weighted by molar-refractivity contribution is 5.93. The van der Waals surface area contributed by atoms with Crippen LogP contribution in [0.1, 0.15) is 37.2 Å². The Bertz CT molecular complexity index is 689. The molecule has 1 aromatic carbocycles. The number of carbonyl (C=O) groups excluding carboxylic acids is 1. The van der Waals surface area contributed by atoms with Gasteiger partial charge in [0, 0.05) is 38.4 Å². The van der Waals surface area contributed by atoms with Crippen LogP contribution in [0.25, 0.3) is 11.4 Å². The highest BCUT2D eigenvalue weighted by Gasteiger charge is 2.13. The smallest absolute Gasteiger partial charge is 0.270 e. The summed E-state index contributed by atoms with van der Waals surface area (Å²) in [5.74, 6) is 1.61. The van der Waals surface area contributed by atoms with Crippen molar-refractivity contribution in [3.63, 3.8) is 0 Å². The maximum absolute atomic E-state index is 12.5. The molecule has 0 aliphatic rings. The van der Waals surface area contributed by atoms with Gasteiger partial charge in [-0.1, -0.05) is 44.2 Å². The number of carbonyl (C=O) groups is 1. The van der Waals surface area contributed by atoms with Crippen molar-refractivity contribution in [2.24, 2.45) is 5.92 Å². The fourth-order valence-corrected chi connectivity index (χ4v) is 2.37. The molecule has 0 bridgehead atoms. The first kappa shape index (κ1) is 19.8. The first-order chi connectivity index (χ1) is 12.6. The molecule has 0 fully saturated rings. The Morgan fingerprint density at radius 2 is 1.92 bits per heavy atom. The molecule has 0 atom stereocenters. The average Bonchev–Trinajstić information content (AvgIpc) is 2.65. The quantitative estimate of drug-likeness (QED) is 0.638. The van der Waals surface area contributed by atoms with Crippen LogP contribution in [0.2, 0.25) is 0 Å². The molecule has 6 heteroatoms. The van der Waals surface area contributed by atoms with E-state index in [4.69, 9.17) is 4.74 Å². The molecule has 0 unspecified atom stereocenters. The van der Waals surface area contributed by atoms with Crippen molar-refractivity contribution in [3.05, 3.63) is 42.1 Å². The minimum absolute atomic E-state index is 0.201. The molecule has 26 heavy (non-hydrogen) atoms. The summed E-state index contributed by atoms with van der Waals surface area (Å²) in [5, 5.41) is 6.18. The lowest BCUT2D eigenvalue weighted by molar-refractivity contribution is 0.0943. The fourth-order valence-electron chi connectivity index (χ4n) is 2.37. The molecule has 1 amide bonds. The van der Waals surface area contributed by atoms with Gasteiger partial charge in [-0.3, -0.25) is 4.79 Å². The second kappa shape index (κ2) is 10.5. The predicted octanol–water partition coefficient (Wildman–Crippen LogP) is 3.37. The molecule has 1 aromatic heterocycles. The lowest BCUT2D eigenvalue weighted by atomic mass is 10.1. The highest BCUT2D eigenvalue weighted by atomic mass is 16.5. The second-order valence-electron chi connectivity index (χ2n) is 6.54. The molecule has 0 spiro atoms. The predicted molar refractivity (Wildman–Crippen MR) is 104 cm³/mol. The molecule has 2 aromatic rings. The lowest BCUT2D eigenvalue weighted by Crippen LogP contribution is -2.26. The Labute approximate surface area is 155 Å². The Hall–Kier alpha value is -2.47. The first-order valence-electron chi connectivity index (χ1n) is 9.05. The van der Waals surface area contributed by atoms with Gasteiger partial charge in [0.25, 0.3) is 5.91 Å². The lowest BCUT2D eigenvalue weighted by Gasteiger charge is -2.11. The summed E-state index contributed by atoms with van der Waals surface area (Å²) in [6, 6.07) is 11.4. The van der Waals surface area contributed by atoms with Gasteiger partial charge in [-0.15, -0.1) is 0 Å². The summed E-state index contributed by atoms with van der Waals surface area (Å²) in [7, 11) is 1.65. The molecular weight excluding hydrogens is 328 g/mol. The molecule has 1 heterocycles. The molecule has 6 nitrogen and oxygen atoms in total. The van der Waals surface area contributed by atoms with Gasteiger partial charge in [-0.05, 0) is 18.8 Å². The third kappa shape index (κ3) is 6.44. The van der Waals surface area contributed by atoms with Gasteiger partial charge in [0.2, 0.25) is 0 Å². The third-order valence-electron chi connectivity index (χ3n) is 3.83. The summed E-state index contributed by atoms with van der Waals surface area (Å²) in [6.07, 6.45) is 1.79. The van der Waals surface area contributed by atoms with Crippen LogP contribution < -0.4 is 10.6 Å². The Morgan fingerprint density at radius 3 is 2.62 bits per heavy atom. The van der Waals surface area contributed by atoms with Gasteiger partial charge >= 0.3 is 0 Å². The van der Waals surface area contributed by atoms with Gasteiger partial charge in [-0.2, -0.15) is 0 Å². The number of benzene rings is 1. The maximum Gasteiger partial charge on any atom is 0.270 e. The van der Waals surface area contributed by atoms with Gasteiger partial charge in [-0.25, -0.2) is 9.97 Å². The number of amides is 1. The number of aromatic nitrogens is 2. The van der Waals surface area contributed by atoms with Crippen molar-refractivity contribution in [3.8, 4) is 11.4 Å². The molecule has 0 radical (unpaired) electrons. The topological polar surface area (TPSA) is 76.1 Å². The van der Waals surface area contributed by atoms with Crippen LogP contribution in [0.4, 0.5) is 5.82 Å². The number of methoxy groups -OCH3 is 1. The SMILES string of the molecule is COCCCNC(=O)c1cc(NCCC(C)C)nc(-c2ccccc2)n1. The largest absolute Gasteiger partial charge is 0.385 e. The summed E-state index contributed by atoms with van der Waals surface area (Å²) >= 11 is 0. The summed E-state index contributed by atoms with van der Waals surface area (Å²) in [6.45, 7) is 6.32. The van der Waals surface area contributed by atoms with E-state index in [2.05, 4.69) is 34.4 Å². The third-order valence-corrected chi connectivity index (χ3v) is 3.83.